The molecule has 0 aliphatic rings. The Morgan fingerprint density at radius 2 is 1.78 bits per heavy atom. The Labute approximate surface area is 194 Å². The molecule has 3 aromatic carbocycles. The highest BCUT2D eigenvalue weighted by atomic mass is 32.2. The van der Waals surface area contributed by atoms with Crippen LogP contribution in [0.2, 0.25) is 0 Å². The fourth-order valence-corrected chi connectivity index (χ4v) is 5.53. The van der Waals surface area contributed by atoms with E-state index in [-0.39, 0.29) is 11.7 Å². The maximum Gasteiger partial charge on any atom is 0.234 e. The summed E-state index contributed by atoms with van der Waals surface area (Å²) in [5.74, 6) is 1.08. The number of anilines is 1. The van der Waals surface area contributed by atoms with E-state index in [4.69, 9.17) is 0 Å². The van der Waals surface area contributed by atoms with E-state index in [9.17, 15) is 4.79 Å². The van der Waals surface area contributed by atoms with Gasteiger partial charge in [0.05, 0.1) is 5.75 Å². The second kappa shape index (κ2) is 9.14. The summed E-state index contributed by atoms with van der Waals surface area (Å²) in [5, 5.41) is 18.2. The number of hydrogen-bond donors (Lipinski definition) is 1. The van der Waals surface area contributed by atoms with Gasteiger partial charge >= 0.3 is 0 Å². The second-order valence-electron chi connectivity index (χ2n) is 7.47. The zero-order valence-electron chi connectivity index (χ0n) is 17.6. The molecule has 5 nitrogen and oxygen atoms in total. The quantitative estimate of drug-likeness (QED) is 0.285. The minimum atomic E-state index is -0.0556. The number of carbonyl (C=O) groups excluding carboxylic acids is 1. The zero-order valence-corrected chi connectivity index (χ0v) is 19.2. The van der Waals surface area contributed by atoms with Crippen LogP contribution in [0.5, 0.6) is 0 Å². The van der Waals surface area contributed by atoms with Gasteiger partial charge in [-0.2, -0.15) is 0 Å². The fraction of sp³-hybridized carbons (Fsp3) is 0.160. The average Bonchev–Trinajstić information content (AvgIpc) is 3.42. The van der Waals surface area contributed by atoms with Crippen LogP contribution in [0.1, 0.15) is 13.3 Å². The maximum absolute atomic E-state index is 12.7. The molecule has 5 rings (SSSR count). The van der Waals surface area contributed by atoms with Gasteiger partial charge in [-0.1, -0.05) is 73.3 Å². The lowest BCUT2D eigenvalue weighted by atomic mass is 10.1. The molecule has 1 amide bonds. The SMILES string of the molecule is CCCn1c(SCC(=O)Nc2cccc3ccccc23)nnc1-c1csc2ccccc12. The van der Waals surface area contributed by atoms with Crippen LogP contribution in [0.4, 0.5) is 5.69 Å². The smallest absolute Gasteiger partial charge is 0.234 e. The van der Waals surface area contributed by atoms with Gasteiger partial charge in [-0.3, -0.25) is 4.79 Å². The van der Waals surface area contributed by atoms with Gasteiger partial charge in [0.15, 0.2) is 11.0 Å². The van der Waals surface area contributed by atoms with Crippen molar-refractivity contribution < 1.29 is 4.79 Å². The number of hydrogen-bond acceptors (Lipinski definition) is 5. The van der Waals surface area contributed by atoms with Crippen molar-refractivity contribution in [3.8, 4) is 11.4 Å². The topological polar surface area (TPSA) is 59.8 Å². The first-order valence-corrected chi connectivity index (χ1v) is 12.4. The lowest BCUT2D eigenvalue weighted by molar-refractivity contribution is -0.113. The van der Waals surface area contributed by atoms with Crippen LogP contribution in [0, 0.1) is 0 Å². The number of thiophene rings is 1. The van der Waals surface area contributed by atoms with E-state index in [0.717, 1.165) is 46.0 Å². The van der Waals surface area contributed by atoms with Gasteiger partial charge < -0.3 is 9.88 Å². The Hall–Kier alpha value is -3.16. The number of nitrogens with one attached hydrogen (secondary N) is 1. The molecule has 2 heterocycles. The normalized spacial score (nSPS) is 11.3. The summed E-state index contributed by atoms with van der Waals surface area (Å²) in [4.78, 5) is 12.7. The molecule has 0 unspecified atom stereocenters. The van der Waals surface area contributed by atoms with Crippen molar-refractivity contribution in [2.24, 2.45) is 0 Å². The summed E-state index contributed by atoms with van der Waals surface area (Å²) in [6, 6.07) is 22.3. The molecule has 0 atom stereocenters. The van der Waals surface area contributed by atoms with Crippen molar-refractivity contribution in [1.29, 1.82) is 0 Å². The Balaban J connectivity index is 1.36. The Bertz CT molecular complexity index is 1400. The van der Waals surface area contributed by atoms with Crippen molar-refractivity contribution in [1.82, 2.24) is 14.8 Å². The summed E-state index contributed by atoms with van der Waals surface area (Å²) < 4.78 is 3.36. The zero-order chi connectivity index (χ0) is 21.9. The highest BCUT2D eigenvalue weighted by Gasteiger charge is 2.18. The minimum absolute atomic E-state index is 0.0556. The predicted molar refractivity (Wildman–Crippen MR) is 134 cm³/mol. The summed E-state index contributed by atoms with van der Waals surface area (Å²) in [6.45, 7) is 2.94. The molecule has 1 N–H and O–H groups in total. The standard InChI is InChI=1S/C25H22N4OS2/c1-2-14-29-24(20-15-31-22-13-6-5-11-19(20)22)27-28-25(29)32-16-23(30)26-21-12-7-9-17-8-3-4-10-18(17)21/h3-13,15H,2,14,16H2,1H3,(H,26,30). The third kappa shape index (κ3) is 4.01. The van der Waals surface area contributed by atoms with Crippen LogP contribution in [0.3, 0.4) is 0 Å². The lowest BCUT2D eigenvalue weighted by Gasteiger charge is -2.10. The van der Waals surface area contributed by atoms with Crippen molar-refractivity contribution in [3.63, 3.8) is 0 Å². The second-order valence-corrected chi connectivity index (χ2v) is 9.32. The summed E-state index contributed by atoms with van der Waals surface area (Å²) in [7, 11) is 0. The van der Waals surface area contributed by atoms with Crippen molar-refractivity contribution >= 4 is 55.6 Å². The molecule has 0 saturated carbocycles. The number of amides is 1. The van der Waals surface area contributed by atoms with E-state index in [2.05, 4.69) is 50.6 Å². The van der Waals surface area contributed by atoms with Crippen LogP contribution < -0.4 is 5.32 Å². The summed E-state index contributed by atoms with van der Waals surface area (Å²) >= 11 is 3.14. The number of carbonyl (C=O) groups is 1. The molecular weight excluding hydrogens is 436 g/mol. The molecule has 5 aromatic rings. The van der Waals surface area contributed by atoms with Gasteiger partial charge in [-0.15, -0.1) is 21.5 Å². The maximum atomic E-state index is 12.7. The third-order valence-electron chi connectivity index (χ3n) is 5.28. The first-order chi connectivity index (χ1) is 15.7. The van der Waals surface area contributed by atoms with Gasteiger partial charge in [0.25, 0.3) is 0 Å². The molecule has 7 heteroatoms. The number of benzene rings is 3. The number of thioether (sulfide) groups is 1. The molecule has 0 bridgehead atoms. The van der Waals surface area contributed by atoms with Crippen LogP contribution in [-0.2, 0) is 11.3 Å². The first-order valence-electron chi connectivity index (χ1n) is 10.5. The first kappa shape index (κ1) is 20.7. The highest BCUT2D eigenvalue weighted by Crippen LogP contribution is 2.34. The largest absolute Gasteiger partial charge is 0.325 e. The van der Waals surface area contributed by atoms with Crippen LogP contribution >= 0.6 is 23.1 Å². The van der Waals surface area contributed by atoms with Gasteiger partial charge in [0, 0.05) is 38.6 Å². The molecule has 0 saturated heterocycles. The van der Waals surface area contributed by atoms with E-state index >= 15 is 0 Å². The monoisotopic (exact) mass is 458 g/mol. The Kier molecular flexibility index (Phi) is 5.92. The van der Waals surface area contributed by atoms with Gasteiger partial charge in [0.2, 0.25) is 5.91 Å². The van der Waals surface area contributed by atoms with Crippen LogP contribution in [0.15, 0.2) is 77.3 Å². The molecule has 0 aliphatic carbocycles. The molecule has 2 aromatic heterocycles. The molecule has 32 heavy (non-hydrogen) atoms. The molecule has 160 valence electrons. The molecule has 0 fully saturated rings. The van der Waals surface area contributed by atoms with Crippen molar-refractivity contribution in [2.45, 2.75) is 25.0 Å². The summed E-state index contributed by atoms with van der Waals surface area (Å²) in [6.07, 6.45) is 0.961. The Morgan fingerprint density at radius 3 is 2.66 bits per heavy atom. The lowest BCUT2D eigenvalue weighted by Crippen LogP contribution is -2.15. The Morgan fingerprint density at radius 1 is 1.00 bits per heavy atom. The molecule has 0 radical (unpaired) electrons. The fourth-order valence-electron chi connectivity index (χ4n) is 3.82. The van der Waals surface area contributed by atoms with Gasteiger partial charge in [0.1, 0.15) is 0 Å². The van der Waals surface area contributed by atoms with Gasteiger partial charge in [-0.25, -0.2) is 0 Å². The number of aromatic nitrogens is 3. The predicted octanol–water partition coefficient (Wildman–Crippen LogP) is 6.45. The number of rotatable bonds is 7. The highest BCUT2D eigenvalue weighted by molar-refractivity contribution is 7.99. The van der Waals surface area contributed by atoms with E-state index in [1.165, 1.54) is 21.8 Å². The van der Waals surface area contributed by atoms with E-state index < -0.39 is 0 Å². The van der Waals surface area contributed by atoms with Crippen LogP contribution in [0.25, 0.3) is 32.2 Å². The van der Waals surface area contributed by atoms with E-state index in [1.54, 1.807) is 11.3 Å². The van der Waals surface area contributed by atoms with Crippen LogP contribution in [-0.4, -0.2) is 26.4 Å². The van der Waals surface area contributed by atoms with Crippen molar-refractivity contribution in [3.05, 3.63) is 72.1 Å². The van der Waals surface area contributed by atoms with Gasteiger partial charge in [-0.05, 0) is 23.9 Å². The third-order valence-corrected chi connectivity index (χ3v) is 7.21. The van der Waals surface area contributed by atoms with E-state index in [1.807, 2.05) is 48.5 Å². The van der Waals surface area contributed by atoms with E-state index in [0.29, 0.717) is 0 Å². The number of nitrogens with zero attached hydrogens (tertiary/aromatic N) is 3. The molecule has 0 aliphatic heterocycles. The molecular formula is C25H22N4OS2. The average molecular weight is 459 g/mol. The number of fused-ring (bicyclic) bond motifs is 2. The summed E-state index contributed by atoms with van der Waals surface area (Å²) in [5.41, 5.74) is 1.92. The minimum Gasteiger partial charge on any atom is -0.325 e. The molecule has 0 spiro atoms. The van der Waals surface area contributed by atoms with Crippen molar-refractivity contribution in [2.75, 3.05) is 11.1 Å².